The van der Waals surface area contributed by atoms with Crippen molar-refractivity contribution in [3.05, 3.63) is 65.7 Å². The first-order valence-electron chi connectivity index (χ1n) is 8.15. The van der Waals surface area contributed by atoms with E-state index in [-0.39, 0.29) is 6.61 Å². The van der Waals surface area contributed by atoms with Crippen LogP contribution in [-0.2, 0) is 6.42 Å². The Hall–Kier alpha value is -3.16. The minimum Gasteiger partial charge on any atom is -0.495 e. The van der Waals surface area contributed by atoms with Gasteiger partial charge in [-0.2, -0.15) is 0 Å². The quantitative estimate of drug-likeness (QED) is 0.504. The van der Waals surface area contributed by atoms with Crippen molar-refractivity contribution >= 4 is 23.8 Å². The molecule has 2 rings (SSSR count). The maximum atomic E-state index is 8.93. The second kappa shape index (κ2) is 9.36. The Labute approximate surface area is 154 Å². The molecule has 0 unspecified atom stereocenters. The number of hydrogen-bond donors (Lipinski definition) is 1. The van der Waals surface area contributed by atoms with Gasteiger partial charge in [0.1, 0.15) is 18.2 Å². The molecule has 1 N–H and O–H groups in total. The Kier molecular flexibility index (Phi) is 6.90. The zero-order chi connectivity index (χ0) is 18.9. The lowest BCUT2D eigenvalue weighted by atomic mass is 9.97. The van der Waals surface area contributed by atoms with Crippen LogP contribution in [0.5, 0.6) is 5.75 Å². The first-order chi connectivity index (χ1) is 12.6. The van der Waals surface area contributed by atoms with Gasteiger partial charge in [0.2, 0.25) is 0 Å². The Morgan fingerprint density at radius 3 is 2.69 bits per heavy atom. The lowest BCUT2D eigenvalue weighted by Gasteiger charge is -2.11. The van der Waals surface area contributed by atoms with E-state index in [9.17, 15) is 0 Å². The zero-order valence-electron chi connectivity index (χ0n) is 15.1. The number of hydrogen-bond acceptors (Lipinski definition) is 3. The molecule has 0 saturated carbocycles. The predicted octanol–water partition coefficient (Wildman–Crippen LogP) is 4.05. The number of ether oxygens (including phenoxy) is 1. The molecule has 0 atom stereocenters. The molecule has 26 heavy (non-hydrogen) atoms. The maximum absolute atomic E-state index is 8.93. The summed E-state index contributed by atoms with van der Waals surface area (Å²) in [7, 11) is 1.60. The first-order valence-corrected chi connectivity index (χ1v) is 8.15. The van der Waals surface area contributed by atoms with Crippen molar-refractivity contribution in [3.8, 4) is 17.6 Å². The van der Waals surface area contributed by atoms with Gasteiger partial charge in [-0.25, -0.2) is 9.98 Å². The number of aliphatic hydroxyl groups excluding tert-OH is 1. The summed E-state index contributed by atoms with van der Waals surface area (Å²) in [5, 5.41) is 8.93. The fourth-order valence-electron chi connectivity index (χ4n) is 2.47. The van der Waals surface area contributed by atoms with E-state index in [0.29, 0.717) is 18.0 Å². The van der Waals surface area contributed by atoms with Crippen LogP contribution in [0.4, 0.5) is 5.69 Å². The molecule has 0 aromatic heterocycles. The number of aliphatic hydroxyl groups is 1. The molecular formula is C22H22N2O2. The van der Waals surface area contributed by atoms with E-state index in [1.54, 1.807) is 7.11 Å². The first kappa shape index (κ1) is 19.2. The van der Waals surface area contributed by atoms with E-state index in [0.717, 1.165) is 28.0 Å². The van der Waals surface area contributed by atoms with Crippen LogP contribution in [0.2, 0.25) is 0 Å². The molecular weight excluding hydrogens is 324 g/mol. The summed E-state index contributed by atoms with van der Waals surface area (Å²) in [4.78, 5) is 8.34. The van der Waals surface area contributed by atoms with Gasteiger partial charge in [-0.05, 0) is 55.0 Å². The monoisotopic (exact) mass is 346 g/mol. The Morgan fingerprint density at radius 2 is 2.00 bits per heavy atom. The normalized spacial score (nSPS) is 10.7. The second-order valence-electron chi connectivity index (χ2n) is 5.60. The maximum Gasteiger partial charge on any atom is 0.134 e. The SMILES string of the molecule is C=N/C(C)=N\c1ccccc1CC(=C)c1ccc(OC)c(C#CCO)c1. The largest absolute Gasteiger partial charge is 0.495 e. The highest BCUT2D eigenvalue weighted by atomic mass is 16.5. The molecule has 0 saturated heterocycles. The molecule has 0 aliphatic rings. The molecule has 4 heteroatoms. The Morgan fingerprint density at radius 1 is 1.23 bits per heavy atom. The average Bonchev–Trinajstić information content (AvgIpc) is 2.67. The minimum atomic E-state index is -0.198. The zero-order valence-corrected chi connectivity index (χ0v) is 15.1. The van der Waals surface area contributed by atoms with Crippen LogP contribution in [0.1, 0.15) is 23.6 Å². The lowest BCUT2D eigenvalue weighted by Crippen LogP contribution is -1.94. The minimum absolute atomic E-state index is 0.198. The molecule has 0 bridgehead atoms. The Bertz CT molecular complexity index is 902. The predicted molar refractivity (Wildman–Crippen MR) is 108 cm³/mol. The third-order valence-electron chi connectivity index (χ3n) is 3.82. The van der Waals surface area contributed by atoms with Crippen molar-refractivity contribution in [2.75, 3.05) is 13.7 Å². The van der Waals surface area contributed by atoms with Gasteiger partial charge < -0.3 is 9.84 Å². The summed E-state index contributed by atoms with van der Waals surface area (Å²) in [5.74, 6) is 6.85. The summed E-state index contributed by atoms with van der Waals surface area (Å²) in [6.07, 6.45) is 0.642. The molecule has 2 aromatic carbocycles. The van der Waals surface area contributed by atoms with Crippen LogP contribution in [0, 0.1) is 11.8 Å². The van der Waals surface area contributed by atoms with E-state index in [1.807, 2.05) is 49.4 Å². The van der Waals surface area contributed by atoms with Crippen molar-refractivity contribution in [1.82, 2.24) is 0 Å². The topological polar surface area (TPSA) is 54.2 Å². The molecule has 0 spiro atoms. The lowest BCUT2D eigenvalue weighted by molar-refractivity contribution is 0.350. The summed E-state index contributed by atoms with van der Waals surface area (Å²) < 4.78 is 5.32. The number of para-hydroxylation sites is 1. The van der Waals surface area contributed by atoms with Crippen molar-refractivity contribution in [1.29, 1.82) is 0 Å². The van der Waals surface area contributed by atoms with Crippen LogP contribution >= 0.6 is 0 Å². The molecule has 0 aliphatic heterocycles. The smallest absolute Gasteiger partial charge is 0.134 e. The molecule has 0 fully saturated rings. The molecule has 0 radical (unpaired) electrons. The van der Waals surface area contributed by atoms with E-state index in [4.69, 9.17) is 9.84 Å². The second-order valence-corrected chi connectivity index (χ2v) is 5.60. The van der Waals surface area contributed by atoms with Crippen molar-refractivity contribution in [2.24, 2.45) is 9.98 Å². The third-order valence-corrected chi connectivity index (χ3v) is 3.82. The van der Waals surface area contributed by atoms with Crippen LogP contribution in [-0.4, -0.2) is 31.4 Å². The number of amidine groups is 1. The number of methoxy groups -OCH3 is 1. The Balaban J connectivity index is 2.33. The molecule has 4 nitrogen and oxygen atoms in total. The van der Waals surface area contributed by atoms with Gasteiger partial charge >= 0.3 is 0 Å². The van der Waals surface area contributed by atoms with Crippen molar-refractivity contribution in [2.45, 2.75) is 13.3 Å². The van der Waals surface area contributed by atoms with Crippen LogP contribution in [0.25, 0.3) is 5.57 Å². The number of aliphatic imine (C=N–C) groups is 2. The molecule has 132 valence electrons. The van der Waals surface area contributed by atoms with E-state index in [2.05, 4.69) is 35.1 Å². The average molecular weight is 346 g/mol. The highest BCUT2D eigenvalue weighted by Crippen LogP contribution is 2.28. The number of nitrogens with zero attached hydrogens (tertiary/aromatic N) is 2. The van der Waals surface area contributed by atoms with Gasteiger partial charge in [-0.1, -0.05) is 42.7 Å². The molecule has 0 amide bonds. The molecule has 0 heterocycles. The van der Waals surface area contributed by atoms with E-state index in [1.165, 1.54) is 0 Å². The summed E-state index contributed by atoms with van der Waals surface area (Å²) in [6.45, 7) is 9.34. The fourth-order valence-corrected chi connectivity index (χ4v) is 2.47. The van der Waals surface area contributed by atoms with Crippen LogP contribution < -0.4 is 4.74 Å². The molecule has 0 aliphatic carbocycles. The summed E-state index contributed by atoms with van der Waals surface area (Å²) in [6, 6.07) is 13.6. The highest BCUT2D eigenvalue weighted by molar-refractivity contribution is 5.86. The molecule has 2 aromatic rings. The van der Waals surface area contributed by atoms with Crippen LogP contribution in [0.3, 0.4) is 0 Å². The summed E-state index contributed by atoms with van der Waals surface area (Å²) >= 11 is 0. The van der Waals surface area contributed by atoms with E-state index >= 15 is 0 Å². The fraction of sp³-hybridized carbons (Fsp3) is 0.182. The standard InChI is InChI=1S/C22H22N2O2/c1-16(14-19-8-5-6-10-21(19)24-17(2)23-3)18-11-12-22(26-4)20(15-18)9-7-13-25/h5-6,8,10-12,15,25H,1,3,13-14H2,2,4H3/b24-17-. The van der Waals surface area contributed by atoms with E-state index < -0.39 is 0 Å². The number of rotatable bonds is 5. The highest BCUT2D eigenvalue weighted by Gasteiger charge is 2.08. The van der Waals surface area contributed by atoms with Gasteiger partial charge in [0, 0.05) is 0 Å². The van der Waals surface area contributed by atoms with Crippen molar-refractivity contribution < 1.29 is 9.84 Å². The van der Waals surface area contributed by atoms with Gasteiger partial charge in [0.05, 0.1) is 18.4 Å². The van der Waals surface area contributed by atoms with Crippen LogP contribution in [0.15, 0.2) is 59.0 Å². The van der Waals surface area contributed by atoms with Crippen molar-refractivity contribution in [3.63, 3.8) is 0 Å². The van der Waals surface area contributed by atoms with Gasteiger partial charge in [0.15, 0.2) is 0 Å². The third kappa shape index (κ3) is 4.92. The summed E-state index contributed by atoms with van der Waals surface area (Å²) in [5.41, 5.74) is 4.53. The van der Waals surface area contributed by atoms with Gasteiger partial charge in [0.25, 0.3) is 0 Å². The number of benzene rings is 2. The van der Waals surface area contributed by atoms with Gasteiger partial charge in [-0.3, -0.25) is 0 Å². The van der Waals surface area contributed by atoms with Gasteiger partial charge in [-0.15, -0.1) is 0 Å². The number of allylic oxidation sites excluding steroid dienone is 1.